The largest absolute Gasteiger partial charge is 0.467 e. The van der Waals surface area contributed by atoms with Crippen molar-refractivity contribution in [2.24, 2.45) is 0 Å². The molecule has 0 aliphatic rings. The Morgan fingerprint density at radius 2 is 1.88 bits per heavy atom. The van der Waals surface area contributed by atoms with Crippen molar-refractivity contribution in [3.05, 3.63) is 58.4 Å². The number of rotatable bonds is 6. The summed E-state index contributed by atoms with van der Waals surface area (Å²) in [5.74, 6) is -0.835. The first kappa shape index (κ1) is 19.4. The molecule has 26 heavy (non-hydrogen) atoms. The molecule has 1 aromatic heterocycles. The predicted molar refractivity (Wildman–Crippen MR) is 101 cm³/mol. The average Bonchev–Trinajstić information content (AvgIpc) is 2.87. The summed E-state index contributed by atoms with van der Waals surface area (Å²) in [6.45, 7) is 8.19. The Hall–Kier alpha value is -2.89. The van der Waals surface area contributed by atoms with Gasteiger partial charge in [0.05, 0.1) is 19.3 Å². The fourth-order valence-corrected chi connectivity index (χ4v) is 2.63. The van der Waals surface area contributed by atoms with Gasteiger partial charge < -0.3 is 10.1 Å². The molecule has 1 amide bonds. The van der Waals surface area contributed by atoms with E-state index < -0.39 is 12.0 Å². The van der Waals surface area contributed by atoms with Crippen molar-refractivity contribution < 1.29 is 14.3 Å². The van der Waals surface area contributed by atoms with E-state index in [-0.39, 0.29) is 5.91 Å². The molecule has 1 aromatic carbocycles. The first-order chi connectivity index (χ1) is 12.3. The highest BCUT2D eigenvalue weighted by molar-refractivity contribution is 5.94. The second kappa shape index (κ2) is 8.47. The van der Waals surface area contributed by atoms with Crippen LogP contribution in [0.25, 0.3) is 6.08 Å². The number of hydrogen-bond donors (Lipinski definition) is 1. The van der Waals surface area contributed by atoms with E-state index in [0.717, 1.165) is 17.0 Å². The van der Waals surface area contributed by atoms with Gasteiger partial charge in [-0.1, -0.05) is 29.8 Å². The first-order valence-electron chi connectivity index (χ1n) is 8.47. The van der Waals surface area contributed by atoms with E-state index >= 15 is 0 Å². The Bertz CT molecular complexity index is 820. The van der Waals surface area contributed by atoms with Crippen molar-refractivity contribution in [2.75, 3.05) is 7.11 Å². The van der Waals surface area contributed by atoms with Gasteiger partial charge in [-0.2, -0.15) is 5.10 Å². The molecule has 0 aliphatic carbocycles. The molecule has 0 spiro atoms. The maximum absolute atomic E-state index is 12.0. The summed E-state index contributed by atoms with van der Waals surface area (Å²) in [5.41, 5.74) is 5.12. The third-order valence-electron chi connectivity index (χ3n) is 4.21. The zero-order valence-corrected chi connectivity index (χ0v) is 15.9. The molecule has 0 unspecified atom stereocenters. The third kappa shape index (κ3) is 4.81. The van der Waals surface area contributed by atoms with Gasteiger partial charge in [-0.05, 0) is 39.3 Å². The summed E-state index contributed by atoms with van der Waals surface area (Å²) < 4.78 is 6.52. The molecule has 2 rings (SSSR count). The number of aromatic nitrogens is 2. The zero-order valence-electron chi connectivity index (χ0n) is 15.9. The van der Waals surface area contributed by atoms with E-state index in [1.54, 1.807) is 13.0 Å². The smallest absolute Gasteiger partial charge is 0.328 e. The van der Waals surface area contributed by atoms with Crippen molar-refractivity contribution in [2.45, 2.75) is 40.3 Å². The molecule has 0 saturated carbocycles. The SMILES string of the molecule is COC(=O)[C@H](C)NC(=O)/C=C\c1c(C)nn(Cc2ccc(C)cc2)c1C. The lowest BCUT2D eigenvalue weighted by Gasteiger charge is -2.09. The highest BCUT2D eigenvalue weighted by atomic mass is 16.5. The van der Waals surface area contributed by atoms with E-state index in [2.05, 4.69) is 46.3 Å². The molecule has 0 fully saturated rings. The molecule has 2 aromatic rings. The molecule has 1 heterocycles. The Morgan fingerprint density at radius 3 is 2.50 bits per heavy atom. The van der Waals surface area contributed by atoms with Crippen LogP contribution in [0, 0.1) is 20.8 Å². The Morgan fingerprint density at radius 1 is 1.23 bits per heavy atom. The Balaban J connectivity index is 2.10. The number of benzene rings is 1. The van der Waals surface area contributed by atoms with Gasteiger partial charge in [0, 0.05) is 17.3 Å². The number of methoxy groups -OCH3 is 1. The van der Waals surface area contributed by atoms with Gasteiger partial charge in [-0.15, -0.1) is 0 Å². The number of carbonyl (C=O) groups excluding carboxylic acids is 2. The molecule has 0 bridgehead atoms. The minimum absolute atomic E-state index is 0.354. The highest BCUT2D eigenvalue weighted by Gasteiger charge is 2.15. The molecule has 0 radical (unpaired) electrons. The fourth-order valence-electron chi connectivity index (χ4n) is 2.63. The van der Waals surface area contributed by atoms with Gasteiger partial charge in [0.25, 0.3) is 0 Å². The second-order valence-electron chi connectivity index (χ2n) is 6.31. The van der Waals surface area contributed by atoms with Crippen LogP contribution in [0.1, 0.15) is 35.0 Å². The number of nitrogens with one attached hydrogen (secondary N) is 1. The number of aryl methyl sites for hydroxylation is 2. The molecule has 6 heteroatoms. The minimum atomic E-state index is -0.691. The number of nitrogens with zero attached hydrogens (tertiary/aromatic N) is 2. The first-order valence-corrected chi connectivity index (χ1v) is 8.47. The van der Waals surface area contributed by atoms with Crippen LogP contribution >= 0.6 is 0 Å². The van der Waals surface area contributed by atoms with Crippen LogP contribution in [0.4, 0.5) is 0 Å². The van der Waals surface area contributed by atoms with Crippen LogP contribution in [-0.4, -0.2) is 34.8 Å². The maximum Gasteiger partial charge on any atom is 0.328 e. The molecular formula is C20H25N3O3. The number of carbonyl (C=O) groups is 2. The quantitative estimate of drug-likeness (QED) is 0.638. The monoisotopic (exact) mass is 355 g/mol. The van der Waals surface area contributed by atoms with Crippen molar-refractivity contribution in [3.8, 4) is 0 Å². The van der Waals surface area contributed by atoms with Gasteiger partial charge in [0.2, 0.25) is 5.91 Å². The zero-order chi connectivity index (χ0) is 19.3. The van der Waals surface area contributed by atoms with E-state index in [9.17, 15) is 9.59 Å². The van der Waals surface area contributed by atoms with Crippen molar-refractivity contribution in [1.82, 2.24) is 15.1 Å². The van der Waals surface area contributed by atoms with Gasteiger partial charge in [-0.25, -0.2) is 4.79 Å². The minimum Gasteiger partial charge on any atom is -0.467 e. The van der Waals surface area contributed by atoms with Crippen LogP contribution in [-0.2, 0) is 20.9 Å². The van der Waals surface area contributed by atoms with Gasteiger partial charge in [0.1, 0.15) is 6.04 Å². The summed E-state index contributed by atoms with van der Waals surface area (Å²) in [6.07, 6.45) is 3.13. The summed E-state index contributed by atoms with van der Waals surface area (Å²) >= 11 is 0. The lowest BCUT2D eigenvalue weighted by molar-refractivity contribution is -0.144. The maximum atomic E-state index is 12.0. The van der Waals surface area contributed by atoms with Crippen LogP contribution in [0.15, 0.2) is 30.3 Å². The lowest BCUT2D eigenvalue weighted by atomic mass is 10.1. The summed E-state index contributed by atoms with van der Waals surface area (Å²) in [4.78, 5) is 23.3. The number of esters is 1. The fraction of sp³-hybridized carbons (Fsp3) is 0.350. The average molecular weight is 355 g/mol. The van der Waals surface area contributed by atoms with Crippen molar-refractivity contribution >= 4 is 18.0 Å². The van der Waals surface area contributed by atoms with Crippen molar-refractivity contribution in [1.29, 1.82) is 0 Å². The van der Waals surface area contributed by atoms with Crippen LogP contribution in [0.5, 0.6) is 0 Å². The van der Waals surface area contributed by atoms with Gasteiger partial charge in [0.15, 0.2) is 0 Å². The van der Waals surface area contributed by atoms with E-state index in [4.69, 9.17) is 0 Å². The third-order valence-corrected chi connectivity index (χ3v) is 4.21. The standard InChI is InChI=1S/C20H25N3O3/c1-13-6-8-17(9-7-13)12-23-16(4)18(14(2)22-23)10-11-19(24)21-15(3)20(25)26-5/h6-11,15H,12H2,1-5H3,(H,21,24)/b11-10-/t15-/m0/s1. The predicted octanol–water partition coefficient (Wildman–Crippen LogP) is 2.55. The lowest BCUT2D eigenvalue weighted by Crippen LogP contribution is -2.38. The summed E-state index contributed by atoms with van der Waals surface area (Å²) in [6, 6.07) is 7.64. The van der Waals surface area contributed by atoms with Crippen LogP contribution < -0.4 is 5.32 Å². The molecule has 138 valence electrons. The summed E-state index contributed by atoms with van der Waals surface area (Å²) in [5, 5.41) is 7.13. The van der Waals surface area contributed by atoms with E-state index in [1.165, 1.54) is 24.3 Å². The number of hydrogen-bond acceptors (Lipinski definition) is 4. The van der Waals surface area contributed by atoms with E-state index in [1.807, 2.05) is 18.5 Å². The molecule has 0 aliphatic heterocycles. The highest BCUT2D eigenvalue weighted by Crippen LogP contribution is 2.16. The summed E-state index contributed by atoms with van der Waals surface area (Å²) in [7, 11) is 1.29. The normalized spacial score (nSPS) is 12.2. The topological polar surface area (TPSA) is 73.2 Å². The molecule has 6 nitrogen and oxygen atoms in total. The molecule has 1 atom stereocenters. The number of ether oxygens (including phenoxy) is 1. The molecular weight excluding hydrogens is 330 g/mol. The molecule has 1 N–H and O–H groups in total. The molecule has 0 saturated heterocycles. The van der Waals surface area contributed by atoms with Gasteiger partial charge >= 0.3 is 5.97 Å². The van der Waals surface area contributed by atoms with Crippen LogP contribution in [0.2, 0.25) is 0 Å². The van der Waals surface area contributed by atoms with Crippen LogP contribution in [0.3, 0.4) is 0 Å². The van der Waals surface area contributed by atoms with Gasteiger partial charge in [-0.3, -0.25) is 9.48 Å². The second-order valence-corrected chi connectivity index (χ2v) is 6.31. The Labute approximate surface area is 153 Å². The van der Waals surface area contributed by atoms with Crippen molar-refractivity contribution in [3.63, 3.8) is 0 Å². The Kier molecular flexibility index (Phi) is 6.33. The van der Waals surface area contributed by atoms with E-state index in [0.29, 0.717) is 6.54 Å². The number of amides is 1.